The van der Waals surface area contributed by atoms with Crippen molar-refractivity contribution in [3.63, 3.8) is 0 Å². The van der Waals surface area contributed by atoms with E-state index in [4.69, 9.17) is 11.6 Å². The van der Waals surface area contributed by atoms with Crippen LogP contribution < -0.4 is 5.32 Å². The molecule has 0 amide bonds. The lowest BCUT2D eigenvalue weighted by Gasteiger charge is -2.21. The maximum Gasteiger partial charge on any atom is 0.248 e. The van der Waals surface area contributed by atoms with Crippen LogP contribution in [0.1, 0.15) is 18.4 Å². The van der Waals surface area contributed by atoms with Gasteiger partial charge in [-0.2, -0.15) is 0 Å². The molecule has 1 aliphatic rings. The maximum absolute atomic E-state index is 12.2. The van der Waals surface area contributed by atoms with Crippen LogP contribution in [0.15, 0.2) is 11.4 Å². The minimum Gasteiger partial charge on any atom is -0.317 e. The van der Waals surface area contributed by atoms with Gasteiger partial charge in [-0.15, -0.1) is 0 Å². The fourth-order valence-corrected chi connectivity index (χ4v) is 3.55. The van der Waals surface area contributed by atoms with E-state index in [0.29, 0.717) is 31.5 Å². The number of halogens is 1. The number of aryl methyl sites for hydroxylation is 1. The number of nitrogens with one attached hydrogen (secondary N) is 1. The second-order valence-electron chi connectivity index (χ2n) is 4.12. The summed E-state index contributed by atoms with van der Waals surface area (Å²) in [5.74, 6) is 0. The van der Waals surface area contributed by atoms with Gasteiger partial charge in [0.25, 0.3) is 0 Å². The van der Waals surface area contributed by atoms with Crippen molar-refractivity contribution in [2.75, 3.05) is 13.1 Å². The van der Waals surface area contributed by atoms with E-state index in [0.717, 1.165) is 0 Å². The third-order valence-electron chi connectivity index (χ3n) is 2.87. The smallest absolute Gasteiger partial charge is 0.248 e. The van der Waals surface area contributed by atoms with Gasteiger partial charge in [0.15, 0.2) is 0 Å². The van der Waals surface area contributed by atoms with Gasteiger partial charge in [-0.3, -0.25) is 0 Å². The minimum absolute atomic E-state index is 0.153. The Balaban J connectivity index is 2.33. The van der Waals surface area contributed by atoms with Gasteiger partial charge in [0, 0.05) is 11.8 Å². The van der Waals surface area contributed by atoms with Crippen LogP contribution in [0.2, 0.25) is 5.15 Å². The molecular weight excluding hydrogens is 262 g/mol. The quantitative estimate of drug-likeness (QED) is 0.643. The van der Waals surface area contributed by atoms with E-state index in [1.54, 1.807) is 6.92 Å². The van der Waals surface area contributed by atoms with Crippen LogP contribution in [0.25, 0.3) is 0 Å². The van der Waals surface area contributed by atoms with Crippen molar-refractivity contribution < 1.29 is 8.42 Å². The number of piperidine rings is 1. The molecule has 0 saturated carbocycles. The van der Waals surface area contributed by atoms with E-state index in [2.05, 4.69) is 15.3 Å². The summed E-state index contributed by atoms with van der Waals surface area (Å²) in [6, 6.07) is 0. The topological polar surface area (TPSA) is 72.0 Å². The monoisotopic (exact) mass is 275 g/mol. The molecule has 0 atom stereocenters. The zero-order valence-electron chi connectivity index (χ0n) is 9.48. The molecule has 1 N–H and O–H groups in total. The van der Waals surface area contributed by atoms with Crippen LogP contribution in [0.3, 0.4) is 0 Å². The van der Waals surface area contributed by atoms with E-state index in [-0.39, 0.29) is 10.3 Å². The third-order valence-corrected chi connectivity index (χ3v) is 5.30. The van der Waals surface area contributed by atoms with E-state index >= 15 is 0 Å². The van der Waals surface area contributed by atoms with Crippen LogP contribution in [0.5, 0.6) is 0 Å². The number of aromatic nitrogens is 2. The van der Waals surface area contributed by atoms with E-state index in [1.165, 1.54) is 6.20 Å². The molecule has 0 aliphatic carbocycles. The standard InChI is InChI=1S/C10H14ClN3O2S/c1-7-6-13-10(14-9(7)11)17(15,16)8-2-4-12-5-3-8/h6,8,12H,2-5H2,1H3. The SMILES string of the molecule is Cc1cnc(S(=O)(=O)C2CCNCC2)nc1Cl. The van der Waals surface area contributed by atoms with E-state index in [1.807, 2.05) is 0 Å². The Morgan fingerprint density at radius 1 is 1.41 bits per heavy atom. The Hall–Kier alpha value is -0.720. The summed E-state index contributed by atoms with van der Waals surface area (Å²) in [7, 11) is -3.45. The highest BCUT2D eigenvalue weighted by Crippen LogP contribution is 2.21. The lowest BCUT2D eigenvalue weighted by molar-refractivity contribution is 0.492. The molecule has 2 rings (SSSR count). The van der Waals surface area contributed by atoms with Gasteiger partial charge in [-0.05, 0) is 32.9 Å². The Kier molecular flexibility index (Phi) is 3.65. The van der Waals surface area contributed by atoms with Crippen LogP contribution in [0, 0.1) is 6.92 Å². The molecule has 94 valence electrons. The molecule has 1 aromatic rings. The first-order valence-electron chi connectivity index (χ1n) is 5.45. The summed E-state index contributed by atoms with van der Waals surface area (Å²) in [6.45, 7) is 3.16. The average molecular weight is 276 g/mol. The van der Waals surface area contributed by atoms with Gasteiger partial charge in [-0.25, -0.2) is 18.4 Å². The van der Waals surface area contributed by atoms with Crippen LogP contribution in [-0.2, 0) is 9.84 Å². The van der Waals surface area contributed by atoms with Gasteiger partial charge in [-0.1, -0.05) is 11.6 Å². The van der Waals surface area contributed by atoms with Crippen molar-refractivity contribution in [1.29, 1.82) is 0 Å². The molecule has 0 radical (unpaired) electrons. The largest absolute Gasteiger partial charge is 0.317 e. The molecule has 1 fully saturated rings. The summed E-state index contributed by atoms with van der Waals surface area (Å²) in [5.41, 5.74) is 0.677. The van der Waals surface area contributed by atoms with Gasteiger partial charge in [0.1, 0.15) is 5.15 Å². The molecule has 0 spiro atoms. The predicted molar refractivity (Wildman–Crippen MR) is 64.9 cm³/mol. The van der Waals surface area contributed by atoms with Crippen molar-refractivity contribution in [3.8, 4) is 0 Å². The number of nitrogens with zero attached hydrogens (tertiary/aromatic N) is 2. The normalized spacial score (nSPS) is 18.2. The summed E-state index contributed by atoms with van der Waals surface area (Å²) >= 11 is 5.83. The summed E-state index contributed by atoms with van der Waals surface area (Å²) in [4.78, 5) is 7.75. The number of sulfone groups is 1. The van der Waals surface area contributed by atoms with Gasteiger partial charge < -0.3 is 5.32 Å². The molecule has 7 heteroatoms. The molecule has 1 aromatic heterocycles. The Labute approximate surface area is 106 Å². The molecule has 17 heavy (non-hydrogen) atoms. The fraction of sp³-hybridized carbons (Fsp3) is 0.600. The minimum atomic E-state index is -3.45. The molecule has 0 bridgehead atoms. The van der Waals surface area contributed by atoms with E-state index < -0.39 is 15.1 Å². The first-order chi connectivity index (χ1) is 8.01. The van der Waals surface area contributed by atoms with Crippen molar-refractivity contribution in [3.05, 3.63) is 16.9 Å². The summed E-state index contributed by atoms with van der Waals surface area (Å²) < 4.78 is 24.5. The Morgan fingerprint density at radius 2 is 2.06 bits per heavy atom. The first-order valence-corrected chi connectivity index (χ1v) is 7.38. The molecule has 5 nitrogen and oxygen atoms in total. The number of hydrogen-bond acceptors (Lipinski definition) is 5. The molecular formula is C10H14ClN3O2S. The highest BCUT2D eigenvalue weighted by molar-refractivity contribution is 7.91. The fourth-order valence-electron chi connectivity index (χ4n) is 1.80. The van der Waals surface area contributed by atoms with Crippen molar-refractivity contribution >= 4 is 21.4 Å². The average Bonchev–Trinajstić information content (AvgIpc) is 2.33. The second-order valence-corrected chi connectivity index (χ2v) is 6.60. The van der Waals surface area contributed by atoms with Crippen LogP contribution in [-0.4, -0.2) is 36.7 Å². The van der Waals surface area contributed by atoms with Crippen molar-refractivity contribution in [1.82, 2.24) is 15.3 Å². The Morgan fingerprint density at radius 3 is 2.65 bits per heavy atom. The lowest BCUT2D eigenvalue weighted by Crippen LogP contribution is -2.36. The van der Waals surface area contributed by atoms with Gasteiger partial charge >= 0.3 is 0 Å². The first kappa shape index (κ1) is 12.7. The predicted octanol–water partition coefficient (Wildman–Crippen LogP) is 0.964. The number of rotatable bonds is 2. The second kappa shape index (κ2) is 4.88. The zero-order chi connectivity index (χ0) is 12.5. The van der Waals surface area contributed by atoms with Gasteiger partial charge in [0.2, 0.25) is 15.0 Å². The lowest BCUT2D eigenvalue weighted by atomic mass is 10.2. The Bertz CT molecular complexity index is 512. The molecule has 2 heterocycles. The molecule has 1 aliphatic heterocycles. The molecule has 0 aromatic carbocycles. The van der Waals surface area contributed by atoms with Crippen LogP contribution >= 0.6 is 11.6 Å². The number of hydrogen-bond donors (Lipinski definition) is 1. The summed E-state index contributed by atoms with van der Waals surface area (Å²) in [5, 5.41) is 2.78. The molecule has 0 unspecified atom stereocenters. The summed E-state index contributed by atoms with van der Waals surface area (Å²) in [6.07, 6.45) is 2.64. The molecule has 1 saturated heterocycles. The van der Waals surface area contributed by atoms with Gasteiger partial charge in [0.05, 0.1) is 5.25 Å². The third kappa shape index (κ3) is 2.59. The van der Waals surface area contributed by atoms with Crippen molar-refractivity contribution in [2.45, 2.75) is 30.2 Å². The van der Waals surface area contributed by atoms with E-state index in [9.17, 15) is 8.42 Å². The highest BCUT2D eigenvalue weighted by atomic mass is 35.5. The van der Waals surface area contributed by atoms with Crippen molar-refractivity contribution in [2.24, 2.45) is 0 Å². The van der Waals surface area contributed by atoms with Crippen LogP contribution in [0.4, 0.5) is 0 Å². The zero-order valence-corrected chi connectivity index (χ0v) is 11.1. The highest BCUT2D eigenvalue weighted by Gasteiger charge is 2.31. The maximum atomic E-state index is 12.2.